The number of aliphatic imine (C=N–C) groups is 1. The van der Waals surface area contributed by atoms with Crippen molar-refractivity contribution in [3.05, 3.63) is 35.4 Å². The van der Waals surface area contributed by atoms with Crippen molar-refractivity contribution in [1.29, 1.82) is 0 Å². The highest BCUT2D eigenvalue weighted by Gasteiger charge is 2.54. The molecule has 1 aromatic carbocycles. The SMILES string of the molecule is CC(C)CC[C@H](c1ccc(C(=O)O)cc1)N1C(=O)C(N2CCCC(C(F)(F)F)C2)=NC12CCC(C(C)(C)C)CC2. The van der Waals surface area contributed by atoms with Crippen LogP contribution in [0.2, 0.25) is 0 Å². The maximum absolute atomic E-state index is 14.3. The molecule has 0 radical (unpaired) electrons. The van der Waals surface area contributed by atoms with Crippen molar-refractivity contribution < 1.29 is 27.9 Å². The zero-order valence-electron chi connectivity index (χ0n) is 24.4. The first kappa shape index (κ1) is 30.4. The Morgan fingerprint density at radius 1 is 1.05 bits per heavy atom. The van der Waals surface area contributed by atoms with Gasteiger partial charge in [0.2, 0.25) is 0 Å². The van der Waals surface area contributed by atoms with E-state index in [4.69, 9.17) is 4.99 Å². The molecule has 1 spiro atoms. The third kappa shape index (κ3) is 6.33. The maximum atomic E-state index is 14.3. The highest BCUT2D eigenvalue weighted by atomic mass is 19.4. The summed E-state index contributed by atoms with van der Waals surface area (Å²) in [4.78, 5) is 34.4. The van der Waals surface area contributed by atoms with Gasteiger partial charge in [-0.05, 0) is 86.3 Å². The van der Waals surface area contributed by atoms with Gasteiger partial charge in [-0.3, -0.25) is 4.79 Å². The van der Waals surface area contributed by atoms with Crippen molar-refractivity contribution in [2.75, 3.05) is 13.1 Å². The zero-order chi connectivity index (χ0) is 29.5. The molecule has 1 N–H and O–H groups in total. The Hall–Kier alpha value is -2.58. The second kappa shape index (κ2) is 11.4. The van der Waals surface area contributed by atoms with E-state index in [1.807, 2.05) is 4.90 Å². The smallest absolute Gasteiger partial charge is 0.393 e. The van der Waals surface area contributed by atoms with Crippen LogP contribution in [0.4, 0.5) is 13.2 Å². The standard InChI is InChI=1S/C31H44F3N3O3/c1-20(2)8-13-25(21-9-11-22(12-10-21)28(39)40)37-27(38)26(36-18-6-7-24(19-36)31(32,33)34)35-30(37)16-14-23(15-17-30)29(3,4)5/h9-12,20,23-25H,6-8,13-19H2,1-5H3,(H,39,40)/t23?,24?,25-,30?/m1/s1. The molecule has 4 rings (SSSR count). The average Bonchev–Trinajstić information content (AvgIpc) is 3.15. The predicted molar refractivity (Wildman–Crippen MR) is 149 cm³/mol. The molecular formula is C31H44F3N3O3. The molecule has 2 atom stereocenters. The van der Waals surface area contributed by atoms with E-state index in [1.54, 1.807) is 29.2 Å². The summed E-state index contributed by atoms with van der Waals surface area (Å²) in [5.74, 6) is -1.79. The lowest BCUT2D eigenvalue weighted by atomic mass is 9.69. The lowest BCUT2D eigenvalue weighted by Crippen LogP contribution is -2.53. The largest absolute Gasteiger partial charge is 0.478 e. The number of carbonyl (C=O) groups is 2. The minimum Gasteiger partial charge on any atom is -0.478 e. The number of benzene rings is 1. The number of amidine groups is 1. The van der Waals surface area contributed by atoms with Crippen molar-refractivity contribution in [1.82, 2.24) is 9.80 Å². The molecule has 2 heterocycles. The molecule has 222 valence electrons. The van der Waals surface area contributed by atoms with Gasteiger partial charge in [-0.1, -0.05) is 46.8 Å². The molecule has 1 saturated heterocycles. The van der Waals surface area contributed by atoms with Gasteiger partial charge >= 0.3 is 12.1 Å². The van der Waals surface area contributed by atoms with Crippen LogP contribution in [0.25, 0.3) is 0 Å². The predicted octanol–water partition coefficient (Wildman–Crippen LogP) is 7.31. The van der Waals surface area contributed by atoms with Crippen LogP contribution >= 0.6 is 0 Å². The number of halogens is 3. The van der Waals surface area contributed by atoms with E-state index < -0.39 is 23.7 Å². The molecule has 3 aliphatic rings. The number of hydrogen-bond donors (Lipinski definition) is 1. The van der Waals surface area contributed by atoms with Crippen LogP contribution in [0.15, 0.2) is 29.3 Å². The summed E-state index contributed by atoms with van der Waals surface area (Å²) in [6.45, 7) is 11.1. The number of amides is 1. The first-order chi connectivity index (χ1) is 18.6. The molecular weight excluding hydrogens is 519 g/mol. The molecule has 0 aromatic heterocycles. The normalized spacial score (nSPS) is 26.9. The fourth-order valence-electron chi connectivity index (χ4n) is 6.75. The van der Waals surface area contributed by atoms with Crippen molar-refractivity contribution in [3.8, 4) is 0 Å². The molecule has 1 aromatic rings. The lowest BCUT2D eigenvalue weighted by Gasteiger charge is -2.47. The first-order valence-electron chi connectivity index (χ1n) is 14.7. The van der Waals surface area contributed by atoms with Crippen molar-refractivity contribution >= 4 is 17.7 Å². The number of carboxylic acids is 1. The van der Waals surface area contributed by atoms with E-state index in [0.717, 1.165) is 24.8 Å². The summed E-state index contributed by atoms with van der Waals surface area (Å²) in [7, 11) is 0. The number of rotatable bonds is 6. The molecule has 1 aliphatic carbocycles. The molecule has 1 amide bonds. The number of hydrogen-bond acceptors (Lipinski definition) is 4. The van der Waals surface area contributed by atoms with Gasteiger partial charge in [0.15, 0.2) is 5.84 Å². The summed E-state index contributed by atoms with van der Waals surface area (Å²) in [5.41, 5.74) is 0.299. The van der Waals surface area contributed by atoms with Crippen molar-refractivity contribution in [3.63, 3.8) is 0 Å². The summed E-state index contributed by atoms with van der Waals surface area (Å²) >= 11 is 0. The first-order valence-corrected chi connectivity index (χ1v) is 14.7. The number of alkyl halides is 3. The lowest BCUT2D eigenvalue weighted by molar-refractivity contribution is -0.183. The summed E-state index contributed by atoms with van der Waals surface area (Å²) in [5, 5.41) is 9.42. The van der Waals surface area contributed by atoms with Gasteiger partial charge in [0.25, 0.3) is 5.91 Å². The van der Waals surface area contributed by atoms with Crippen molar-refractivity contribution in [2.24, 2.45) is 28.2 Å². The van der Waals surface area contributed by atoms with E-state index in [2.05, 4.69) is 34.6 Å². The Labute approximate surface area is 236 Å². The fourth-order valence-corrected chi connectivity index (χ4v) is 6.75. The van der Waals surface area contributed by atoms with Gasteiger partial charge < -0.3 is 14.9 Å². The Morgan fingerprint density at radius 3 is 2.20 bits per heavy atom. The summed E-state index contributed by atoms with van der Waals surface area (Å²) in [6, 6.07) is 6.31. The second-order valence-electron chi connectivity index (χ2n) is 13.5. The molecule has 1 saturated carbocycles. The molecule has 40 heavy (non-hydrogen) atoms. The van der Waals surface area contributed by atoms with Crippen LogP contribution in [-0.4, -0.2) is 57.5 Å². The van der Waals surface area contributed by atoms with Gasteiger partial charge in [0, 0.05) is 13.1 Å². The Kier molecular flexibility index (Phi) is 8.63. The highest BCUT2D eigenvalue weighted by Crippen LogP contribution is 2.50. The fraction of sp³-hybridized carbons (Fsp3) is 0.710. The van der Waals surface area contributed by atoms with Crippen LogP contribution in [-0.2, 0) is 4.79 Å². The number of aromatic carboxylic acids is 1. The third-order valence-electron chi connectivity index (χ3n) is 9.24. The topological polar surface area (TPSA) is 73.2 Å². The van der Waals surface area contributed by atoms with Crippen LogP contribution < -0.4 is 0 Å². The summed E-state index contributed by atoms with van der Waals surface area (Å²) < 4.78 is 41.1. The van der Waals surface area contributed by atoms with Crippen LogP contribution in [0, 0.1) is 23.2 Å². The van der Waals surface area contributed by atoms with E-state index in [1.165, 1.54) is 0 Å². The highest BCUT2D eigenvalue weighted by molar-refractivity contribution is 6.39. The van der Waals surface area contributed by atoms with Gasteiger partial charge in [0.1, 0.15) is 5.66 Å². The van der Waals surface area contributed by atoms with E-state index in [-0.39, 0.29) is 41.7 Å². The third-order valence-corrected chi connectivity index (χ3v) is 9.24. The average molecular weight is 564 g/mol. The van der Waals surface area contributed by atoms with Crippen LogP contribution in [0.5, 0.6) is 0 Å². The number of piperidine rings is 1. The maximum Gasteiger partial charge on any atom is 0.393 e. The molecule has 0 bridgehead atoms. The number of carboxylic acid groups (broad SMARTS) is 1. The van der Waals surface area contributed by atoms with Gasteiger partial charge in [-0.2, -0.15) is 13.2 Å². The monoisotopic (exact) mass is 563 g/mol. The molecule has 9 heteroatoms. The Bertz CT molecular complexity index is 1100. The van der Waals surface area contributed by atoms with Crippen LogP contribution in [0.1, 0.15) is 108 Å². The number of likely N-dealkylation sites (tertiary alicyclic amines) is 1. The van der Waals surface area contributed by atoms with Gasteiger partial charge in [-0.25, -0.2) is 9.79 Å². The minimum atomic E-state index is -4.31. The minimum absolute atomic E-state index is 0.0660. The van der Waals surface area contributed by atoms with Crippen molar-refractivity contribution in [2.45, 2.75) is 104 Å². The van der Waals surface area contributed by atoms with E-state index in [0.29, 0.717) is 44.1 Å². The van der Waals surface area contributed by atoms with Crippen LogP contribution in [0.3, 0.4) is 0 Å². The Balaban J connectivity index is 1.74. The van der Waals surface area contributed by atoms with E-state index in [9.17, 15) is 27.9 Å². The quantitative estimate of drug-likeness (QED) is 0.394. The van der Waals surface area contributed by atoms with Gasteiger partial charge in [-0.15, -0.1) is 0 Å². The second-order valence-corrected chi connectivity index (χ2v) is 13.5. The number of carbonyl (C=O) groups excluding carboxylic acids is 1. The van der Waals surface area contributed by atoms with Gasteiger partial charge in [0.05, 0.1) is 17.5 Å². The number of nitrogens with zero attached hydrogens (tertiary/aromatic N) is 3. The van der Waals surface area contributed by atoms with E-state index >= 15 is 0 Å². The molecule has 2 aliphatic heterocycles. The zero-order valence-corrected chi connectivity index (χ0v) is 24.4. The molecule has 6 nitrogen and oxygen atoms in total. The molecule has 1 unspecified atom stereocenters. The molecule has 2 fully saturated rings. The Morgan fingerprint density at radius 2 is 1.68 bits per heavy atom. The summed E-state index contributed by atoms with van der Waals surface area (Å²) in [6.07, 6.45) is 0.694.